The molecule has 7 nitrogen and oxygen atoms in total. The molecule has 2 aromatic rings. The summed E-state index contributed by atoms with van der Waals surface area (Å²) >= 11 is 6.20. The van der Waals surface area contributed by atoms with Crippen LogP contribution in [0.3, 0.4) is 0 Å². The maximum Gasteiger partial charge on any atom is 0.238 e. The standard InChI is InChI=1S/C19H20ClN3O4/c20-15-9-17-18(27-12-26-17)10-16(15)21-19(25)11-22-5-7-23(8-6-22)13-1-3-14(24)4-2-13/h1-4,9-10,24H,5-8,11-12H2,(H,21,25). The molecule has 2 aliphatic rings. The summed E-state index contributed by atoms with van der Waals surface area (Å²) in [6, 6.07) is 10.5. The van der Waals surface area contributed by atoms with E-state index in [0.717, 1.165) is 31.9 Å². The van der Waals surface area contributed by atoms with Crippen LogP contribution in [-0.2, 0) is 4.79 Å². The Balaban J connectivity index is 1.30. The molecule has 1 saturated heterocycles. The number of carbonyl (C=O) groups excluding carboxylic acids is 1. The molecule has 27 heavy (non-hydrogen) atoms. The van der Waals surface area contributed by atoms with E-state index >= 15 is 0 Å². The lowest BCUT2D eigenvalue weighted by molar-refractivity contribution is -0.117. The van der Waals surface area contributed by atoms with E-state index in [4.69, 9.17) is 21.1 Å². The third-order valence-electron chi connectivity index (χ3n) is 4.69. The summed E-state index contributed by atoms with van der Waals surface area (Å²) in [5.74, 6) is 1.31. The van der Waals surface area contributed by atoms with E-state index in [9.17, 15) is 9.90 Å². The zero-order chi connectivity index (χ0) is 18.8. The van der Waals surface area contributed by atoms with Crippen LogP contribution in [0.2, 0.25) is 5.02 Å². The van der Waals surface area contributed by atoms with E-state index in [1.807, 2.05) is 12.1 Å². The maximum atomic E-state index is 12.4. The first-order valence-corrected chi connectivity index (χ1v) is 9.11. The van der Waals surface area contributed by atoms with Crippen molar-refractivity contribution in [3.05, 3.63) is 41.4 Å². The molecule has 0 radical (unpaired) electrons. The van der Waals surface area contributed by atoms with Gasteiger partial charge >= 0.3 is 0 Å². The fourth-order valence-corrected chi connectivity index (χ4v) is 3.43. The Hall–Kier alpha value is -2.64. The van der Waals surface area contributed by atoms with Crippen molar-refractivity contribution in [3.63, 3.8) is 0 Å². The summed E-state index contributed by atoms with van der Waals surface area (Å²) in [5.41, 5.74) is 1.60. The SMILES string of the molecule is O=C(CN1CCN(c2ccc(O)cc2)CC1)Nc1cc2c(cc1Cl)OCO2. The van der Waals surface area contributed by atoms with Crippen molar-refractivity contribution in [2.75, 3.05) is 49.7 Å². The van der Waals surface area contributed by atoms with Gasteiger partial charge in [-0.1, -0.05) is 11.6 Å². The number of anilines is 2. The van der Waals surface area contributed by atoms with E-state index in [2.05, 4.69) is 15.1 Å². The number of piperazine rings is 1. The summed E-state index contributed by atoms with van der Waals surface area (Å²) in [6.45, 7) is 3.67. The Morgan fingerprint density at radius 1 is 1.07 bits per heavy atom. The number of phenolic OH excluding ortho intramolecular Hbond substituents is 1. The zero-order valence-electron chi connectivity index (χ0n) is 14.7. The quantitative estimate of drug-likeness (QED) is 0.837. The van der Waals surface area contributed by atoms with Gasteiger partial charge in [-0.15, -0.1) is 0 Å². The first-order chi connectivity index (χ1) is 13.1. The molecule has 0 unspecified atom stereocenters. The topological polar surface area (TPSA) is 74.3 Å². The molecule has 0 aromatic heterocycles. The molecule has 142 valence electrons. The molecule has 1 fully saturated rings. The highest BCUT2D eigenvalue weighted by atomic mass is 35.5. The molecule has 2 aromatic carbocycles. The monoisotopic (exact) mass is 389 g/mol. The molecule has 0 atom stereocenters. The number of nitrogens with zero attached hydrogens (tertiary/aromatic N) is 2. The smallest absolute Gasteiger partial charge is 0.238 e. The first-order valence-electron chi connectivity index (χ1n) is 8.74. The van der Waals surface area contributed by atoms with Gasteiger partial charge < -0.3 is 24.8 Å². The number of aromatic hydroxyl groups is 1. The van der Waals surface area contributed by atoms with E-state index in [1.165, 1.54) is 0 Å². The molecule has 0 spiro atoms. The van der Waals surface area contributed by atoms with Crippen molar-refractivity contribution < 1.29 is 19.4 Å². The van der Waals surface area contributed by atoms with E-state index in [1.54, 1.807) is 24.3 Å². The van der Waals surface area contributed by atoms with Gasteiger partial charge in [0.1, 0.15) is 5.75 Å². The largest absolute Gasteiger partial charge is 0.508 e. The third-order valence-corrected chi connectivity index (χ3v) is 5.00. The molecule has 2 aliphatic heterocycles. The molecule has 0 aliphatic carbocycles. The van der Waals surface area contributed by atoms with Crippen molar-refractivity contribution in [1.82, 2.24) is 4.90 Å². The van der Waals surface area contributed by atoms with Crippen molar-refractivity contribution in [1.29, 1.82) is 0 Å². The Labute approximate surface area is 162 Å². The lowest BCUT2D eigenvalue weighted by Crippen LogP contribution is -2.48. The highest BCUT2D eigenvalue weighted by molar-refractivity contribution is 6.34. The normalized spacial score (nSPS) is 16.4. The van der Waals surface area contributed by atoms with Gasteiger partial charge in [0, 0.05) is 44.0 Å². The molecule has 8 heteroatoms. The van der Waals surface area contributed by atoms with Crippen LogP contribution in [0.25, 0.3) is 0 Å². The minimum absolute atomic E-state index is 0.117. The van der Waals surface area contributed by atoms with Crippen molar-refractivity contribution in [2.24, 2.45) is 0 Å². The Kier molecular flexibility index (Phi) is 4.96. The van der Waals surface area contributed by atoms with Gasteiger partial charge in [0.05, 0.1) is 17.3 Å². The summed E-state index contributed by atoms with van der Waals surface area (Å²) in [7, 11) is 0. The predicted octanol–water partition coefficient (Wildman–Crippen LogP) is 2.54. The number of nitrogens with one attached hydrogen (secondary N) is 1. The Bertz CT molecular complexity index is 836. The summed E-state index contributed by atoms with van der Waals surface area (Å²) in [4.78, 5) is 16.7. The number of hydrogen-bond acceptors (Lipinski definition) is 6. The van der Waals surface area contributed by atoms with Gasteiger partial charge in [0.15, 0.2) is 11.5 Å². The summed E-state index contributed by atoms with van der Waals surface area (Å²) < 4.78 is 10.6. The van der Waals surface area contributed by atoms with Crippen LogP contribution in [0.1, 0.15) is 0 Å². The van der Waals surface area contributed by atoms with Crippen LogP contribution in [0.4, 0.5) is 11.4 Å². The minimum Gasteiger partial charge on any atom is -0.508 e. The van der Waals surface area contributed by atoms with Gasteiger partial charge in [-0.05, 0) is 24.3 Å². The second-order valence-electron chi connectivity index (χ2n) is 6.51. The van der Waals surface area contributed by atoms with E-state index in [0.29, 0.717) is 28.8 Å². The van der Waals surface area contributed by atoms with Crippen LogP contribution in [0.5, 0.6) is 17.2 Å². The zero-order valence-corrected chi connectivity index (χ0v) is 15.4. The summed E-state index contributed by atoms with van der Waals surface area (Å²) in [5, 5.41) is 12.7. The molecule has 0 saturated carbocycles. The number of carbonyl (C=O) groups is 1. The maximum absolute atomic E-state index is 12.4. The fourth-order valence-electron chi connectivity index (χ4n) is 3.23. The molecular formula is C19H20ClN3O4. The third kappa shape index (κ3) is 4.04. The average molecular weight is 390 g/mol. The van der Waals surface area contributed by atoms with E-state index < -0.39 is 0 Å². The molecule has 2 heterocycles. The number of hydrogen-bond donors (Lipinski definition) is 2. The molecule has 4 rings (SSSR count). The second-order valence-corrected chi connectivity index (χ2v) is 6.92. The van der Waals surface area contributed by atoms with Crippen LogP contribution < -0.4 is 19.7 Å². The van der Waals surface area contributed by atoms with Gasteiger partial charge in [-0.2, -0.15) is 0 Å². The first kappa shape index (κ1) is 17.8. The number of phenols is 1. The predicted molar refractivity (Wildman–Crippen MR) is 103 cm³/mol. The number of ether oxygens (including phenoxy) is 2. The van der Waals surface area contributed by atoms with Gasteiger partial charge in [0.25, 0.3) is 0 Å². The molecule has 1 amide bonds. The highest BCUT2D eigenvalue weighted by Gasteiger charge is 2.21. The second kappa shape index (κ2) is 7.54. The highest BCUT2D eigenvalue weighted by Crippen LogP contribution is 2.39. The molecule has 2 N–H and O–H groups in total. The van der Waals surface area contributed by atoms with Crippen LogP contribution in [0.15, 0.2) is 36.4 Å². The molecular weight excluding hydrogens is 370 g/mol. The summed E-state index contributed by atoms with van der Waals surface area (Å²) in [6.07, 6.45) is 0. The van der Waals surface area contributed by atoms with Crippen LogP contribution >= 0.6 is 11.6 Å². The number of rotatable bonds is 4. The fraction of sp³-hybridized carbons (Fsp3) is 0.316. The number of amides is 1. The van der Waals surface area contributed by atoms with Crippen molar-refractivity contribution in [2.45, 2.75) is 0 Å². The Morgan fingerprint density at radius 3 is 2.44 bits per heavy atom. The molecule has 0 bridgehead atoms. The van der Waals surface area contributed by atoms with Crippen LogP contribution in [0, 0.1) is 0 Å². The lowest BCUT2D eigenvalue weighted by Gasteiger charge is -2.35. The van der Waals surface area contributed by atoms with Gasteiger partial charge in [0.2, 0.25) is 12.7 Å². The van der Waals surface area contributed by atoms with Gasteiger partial charge in [-0.3, -0.25) is 9.69 Å². The van der Waals surface area contributed by atoms with Crippen molar-refractivity contribution >= 4 is 28.9 Å². The average Bonchev–Trinajstić information content (AvgIpc) is 3.10. The number of fused-ring (bicyclic) bond motifs is 1. The Morgan fingerprint density at radius 2 is 1.74 bits per heavy atom. The van der Waals surface area contributed by atoms with Gasteiger partial charge in [-0.25, -0.2) is 0 Å². The minimum atomic E-state index is -0.117. The number of halogens is 1. The number of benzene rings is 2. The lowest BCUT2D eigenvalue weighted by atomic mass is 10.2. The van der Waals surface area contributed by atoms with Crippen molar-refractivity contribution in [3.8, 4) is 17.2 Å². The van der Waals surface area contributed by atoms with E-state index in [-0.39, 0.29) is 18.4 Å². The van der Waals surface area contributed by atoms with Crippen LogP contribution in [-0.4, -0.2) is 55.4 Å².